The zero-order valence-corrected chi connectivity index (χ0v) is 42.2. The fraction of sp³-hybridized carbons (Fsp3) is 0.133. The van der Waals surface area contributed by atoms with Crippen molar-refractivity contribution in [1.82, 2.24) is 19.5 Å². The van der Waals surface area contributed by atoms with E-state index in [2.05, 4.69) is 46.0 Å². The zero-order valence-electron chi connectivity index (χ0n) is 39.2. The summed E-state index contributed by atoms with van der Waals surface area (Å²) in [6.07, 6.45) is 18.1. The number of hydrogen-bond donors (Lipinski definition) is 1. The molecule has 8 bridgehead atoms. The fourth-order valence-corrected chi connectivity index (χ4v) is 9.21. The fourth-order valence-electron chi connectivity index (χ4n) is 8.71. The molecule has 0 saturated heterocycles. The third-order valence-corrected chi connectivity index (χ3v) is 12.5. The second-order valence-electron chi connectivity index (χ2n) is 16.5. The molecule has 72 heavy (non-hydrogen) atoms. The normalized spacial score (nSPS) is 12.3. The lowest BCUT2D eigenvalue weighted by molar-refractivity contribution is 0.324. The molecule has 9 rings (SSSR count). The van der Waals surface area contributed by atoms with E-state index < -0.39 is 0 Å². The quantitative estimate of drug-likeness (QED) is 0.0766. The molecule has 7 aromatic rings. The molecule has 8 nitrogen and oxygen atoms in total. The minimum absolute atomic E-state index is 0.368. The van der Waals surface area contributed by atoms with Gasteiger partial charge in [0.25, 0.3) is 0 Å². The van der Waals surface area contributed by atoms with Gasteiger partial charge >= 0.3 is 0 Å². The molecule has 5 heterocycles. The molecule has 4 aromatic carbocycles. The molecular formula is C60H50Cl4N4O4. The van der Waals surface area contributed by atoms with Crippen LogP contribution in [0.4, 0.5) is 0 Å². The van der Waals surface area contributed by atoms with Crippen LogP contribution in [0.3, 0.4) is 0 Å². The smallest absolute Gasteiger partial charge is 0.143 e. The Balaban J connectivity index is 1.56. The maximum absolute atomic E-state index is 6.79. The lowest BCUT2D eigenvalue weighted by Crippen LogP contribution is -2.04. The van der Waals surface area contributed by atoms with Crippen molar-refractivity contribution >= 4 is 92.8 Å². The molecule has 0 atom stereocenters. The van der Waals surface area contributed by atoms with Crippen molar-refractivity contribution in [2.45, 2.75) is 25.7 Å². The molecule has 0 radical (unpaired) electrons. The Morgan fingerprint density at radius 3 is 1.38 bits per heavy atom. The van der Waals surface area contributed by atoms with Crippen LogP contribution in [0.15, 0.2) is 174 Å². The van der Waals surface area contributed by atoms with Gasteiger partial charge in [-0.1, -0.05) is 137 Å². The summed E-state index contributed by atoms with van der Waals surface area (Å²) in [5.74, 6) is 2.62. The van der Waals surface area contributed by atoms with Gasteiger partial charge in [0.2, 0.25) is 0 Å². The van der Waals surface area contributed by atoms with Gasteiger partial charge in [-0.15, -0.1) is 0 Å². The van der Waals surface area contributed by atoms with E-state index in [1.54, 1.807) is 0 Å². The lowest BCUT2D eigenvalue weighted by Gasteiger charge is -2.19. The van der Waals surface area contributed by atoms with Gasteiger partial charge in [-0.3, -0.25) is 0 Å². The molecule has 2 aliphatic rings. The van der Waals surface area contributed by atoms with Crippen LogP contribution in [-0.4, -0.2) is 45.9 Å². The maximum atomic E-state index is 6.79. The molecular weight excluding hydrogens is 982 g/mol. The van der Waals surface area contributed by atoms with Crippen LogP contribution in [0.25, 0.3) is 85.4 Å². The van der Waals surface area contributed by atoms with E-state index in [4.69, 9.17) is 75.3 Å². The zero-order chi connectivity index (χ0) is 49.5. The average molecular weight is 1030 g/mol. The first-order valence-electron chi connectivity index (χ1n) is 23.6. The first-order valence-corrected chi connectivity index (χ1v) is 25.4. The predicted octanol–water partition coefficient (Wildman–Crippen LogP) is 17.2. The third-order valence-electron chi connectivity index (χ3n) is 11.8. The van der Waals surface area contributed by atoms with Gasteiger partial charge < -0.3 is 28.5 Å². The summed E-state index contributed by atoms with van der Waals surface area (Å²) in [5, 5.41) is 0. The number of H-pyrrole nitrogens is 1. The molecule has 0 spiro atoms. The van der Waals surface area contributed by atoms with Gasteiger partial charge in [0.05, 0.1) is 65.9 Å². The Morgan fingerprint density at radius 2 is 0.847 bits per heavy atom. The number of rotatable bonds is 20. The van der Waals surface area contributed by atoms with Gasteiger partial charge in [-0.05, 0) is 85.0 Å². The van der Waals surface area contributed by atoms with Crippen LogP contribution >= 0.6 is 46.4 Å². The first kappa shape index (κ1) is 49.8. The van der Waals surface area contributed by atoms with E-state index in [0.717, 1.165) is 78.2 Å². The number of fused-ring (bicyclic) bond motifs is 8. The van der Waals surface area contributed by atoms with E-state index in [-0.39, 0.29) is 0 Å². The number of hydrogen-bond acceptors (Lipinski definition) is 6. The Kier molecular flexibility index (Phi) is 17.1. The summed E-state index contributed by atoms with van der Waals surface area (Å²) in [5.41, 5.74) is 18.1. The third kappa shape index (κ3) is 11.6. The standard InChI is InChI=1S/C60H50Cl4N4O4/c61-31-9-13-35-69-53-21-5-1-17-47(53)57-50-30-29-45(67-50)40-44-26-25-42(65-44)39-43-27-28-46(66-43)41-52-58(48-18-2-6-22-54(48)70-36-14-10-32-62)59(49-19-3-7-23-55(49)71-37-15-11-33-63)60(57)68(52)51-20-4-8-24-56(51)72-38-16-12-34-64/h1-12,17-34,39-41,65H,13-16,35-38H2. The topological polar surface area (TPSA) is 83.4 Å². The highest BCUT2D eigenvalue weighted by Gasteiger charge is 2.30. The SMILES string of the molecule is ClC=CCCOc1ccccc1-c1c(-c2ccccc2OCCC=CCl)c2c(-c3ccccc3OCCC=CCl)c3nc(cc4ccc(cc5nc(cc1n2-c1ccccc1OCCC=CCl)C=C5)[nH]4)C=C3. The first-order chi connectivity index (χ1) is 35.6. The molecule has 0 aliphatic carbocycles. The Morgan fingerprint density at radius 1 is 0.431 bits per heavy atom. The lowest BCUT2D eigenvalue weighted by atomic mass is 9.92. The molecule has 3 aromatic heterocycles. The number of aromatic nitrogens is 4. The highest BCUT2D eigenvalue weighted by Crippen LogP contribution is 2.52. The highest BCUT2D eigenvalue weighted by molar-refractivity contribution is 6.26. The van der Waals surface area contributed by atoms with Crippen molar-refractivity contribution in [2.24, 2.45) is 0 Å². The number of aromatic amines is 1. The van der Waals surface area contributed by atoms with Crippen LogP contribution in [0.1, 0.15) is 48.5 Å². The molecule has 0 saturated carbocycles. The maximum Gasteiger partial charge on any atom is 0.143 e. The molecule has 0 amide bonds. The number of halogens is 4. The van der Waals surface area contributed by atoms with Crippen molar-refractivity contribution in [3.05, 3.63) is 197 Å². The molecule has 12 heteroatoms. The number of nitrogens with zero attached hydrogens (tertiary/aromatic N) is 3. The molecule has 0 fully saturated rings. The van der Waals surface area contributed by atoms with E-state index in [1.165, 1.54) is 22.1 Å². The Bertz CT molecular complexity index is 3400. The van der Waals surface area contributed by atoms with Crippen LogP contribution in [0, 0.1) is 0 Å². The Labute approximate surface area is 439 Å². The number of para-hydroxylation sites is 5. The molecule has 2 aliphatic heterocycles. The summed E-state index contributed by atoms with van der Waals surface area (Å²) >= 11 is 24.1. The summed E-state index contributed by atoms with van der Waals surface area (Å²) < 4.78 is 29.3. The van der Waals surface area contributed by atoms with Crippen LogP contribution in [0.2, 0.25) is 0 Å². The average Bonchev–Trinajstić information content (AvgIpc) is 4.23. The van der Waals surface area contributed by atoms with Crippen molar-refractivity contribution in [3.63, 3.8) is 0 Å². The predicted molar refractivity (Wildman–Crippen MR) is 301 cm³/mol. The van der Waals surface area contributed by atoms with Crippen molar-refractivity contribution < 1.29 is 18.9 Å². The summed E-state index contributed by atoms with van der Waals surface area (Å²) in [7, 11) is 0. The van der Waals surface area contributed by atoms with E-state index in [1.807, 2.05) is 140 Å². The van der Waals surface area contributed by atoms with Crippen molar-refractivity contribution in [2.75, 3.05) is 26.4 Å². The van der Waals surface area contributed by atoms with Crippen LogP contribution < -0.4 is 18.9 Å². The van der Waals surface area contributed by atoms with Gasteiger partial charge in [-0.25, -0.2) is 9.97 Å². The van der Waals surface area contributed by atoms with Gasteiger partial charge in [0, 0.05) is 92.2 Å². The molecule has 1 N–H and O–H groups in total. The van der Waals surface area contributed by atoms with Crippen molar-refractivity contribution in [1.29, 1.82) is 0 Å². The number of ether oxygens (including phenoxy) is 4. The molecule has 0 unspecified atom stereocenters. The van der Waals surface area contributed by atoms with E-state index in [0.29, 0.717) is 80.8 Å². The summed E-state index contributed by atoms with van der Waals surface area (Å²) in [6.45, 7) is 1.50. The van der Waals surface area contributed by atoms with E-state index in [9.17, 15) is 0 Å². The monoisotopic (exact) mass is 1030 g/mol. The minimum atomic E-state index is 0.368. The van der Waals surface area contributed by atoms with Crippen molar-refractivity contribution in [3.8, 4) is 62.1 Å². The summed E-state index contributed by atoms with van der Waals surface area (Å²) in [4.78, 5) is 14.2. The Hall–Kier alpha value is -7.20. The van der Waals surface area contributed by atoms with E-state index >= 15 is 0 Å². The largest absolute Gasteiger partial charge is 0.493 e. The van der Waals surface area contributed by atoms with Crippen LogP contribution in [-0.2, 0) is 0 Å². The van der Waals surface area contributed by atoms with Crippen LogP contribution in [0.5, 0.6) is 23.0 Å². The minimum Gasteiger partial charge on any atom is -0.493 e. The van der Waals surface area contributed by atoms with Gasteiger partial charge in [-0.2, -0.15) is 0 Å². The highest BCUT2D eigenvalue weighted by atomic mass is 35.5. The second-order valence-corrected chi connectivity index (χ2v) is 17.5. The number of benzene rings is 4. The number of nitrogens with one attached hydrogen (secondary N) is 1. The second kappa shape index (κ2) is 24.8. The van der Waals surface area contributed by atoms with Gasteiger partial charge in [0.1, 0.15) is 23.0 Å². The molecule has 362 valence electrons. The summed E-state index contributed by atoms with van der Waals surface area (Å²) in [6, 6.07) is 42.7. The van der Waals surface area contributed by atoms with Gasteiger partial charge in [0.15, 0.2) is 0 Å².